The van der Waals surface area contributed by atoms with Gasteiger partial charge in [0.15, 0.2) is 17.3 Å². The molecular weight excluding hydrogens is 624 g/mol. The third-order valence-electron chi connectivity index (χ3n) is 8.54. The molecule has 0 aliphatic heterocycles. The Balaban J connectivity index is 1.29. The number of hydrogen-bond acceptors (Lipinski definition) is 10. The van der Waals surface area contributed by atoms with Crippen LogP contribution in [0.3, 0.4) is 0 Å². The van der Waals surface area contributed by atoms with E-state index in [4.69, 9.17) is 14.6 Å². The Hall–Kier alpha value is -4.46. The third-order valence-corrected chi connectivity index (χ3v) is 8.54. The molecule has 3 aromatic heterocycles. The molecule has 4 aromatic rings. The van der Waals surface area contributed by atoms with E-state index in [1.807, 2.05) is 67.8 Å². The van der Waals surface area contributed by atoms with E-state index >= 15 is 0 Å². The molecule has 3 heterocycles. The van der Waals surface area contributed by atoms with Gasteiger partial charge in [-0.15, -0.1) is 10.2 Å². The molecular formula is C36H48N8O5. The molecule has 0 bridgehead atoms. The Labute approximate surface area is 287 Å². The predicted octanol–water partition coefficient (Wildman–Crippen LogP) is 5.06. The maximum absolute atomic E-state index is 13.4. The number of aliphatic hydroxyl groups is 1. The Morgan fingerprint density at radius 1 is 1.00 bits per heavy atom. The lowest BCUT2D eigenvalue weighted by atomic mass is 9.85. The number of fused-ring (bicyclic) bond motifs is 2. The van der Waals surface area contributed by atoms with Crippen molar-refractivity contribution in [1.82, 2.24) is 35.2 Å². The van der Waals surface area contributed by atoms with Crippen molar-refractivity contribution in [3.05, 3.63) is 77.1 Å². The van der Waals surface area contributed by atoms with Crippen LogP contribution >= 0.6 is 0 Å². The number of aromatic nitrogens is 5. The summed E-state index contributed by atoms with van der Waals surface area (Å²) in [5, 5.41) is 26.7. The van der Waals surface area contributed by atoms with E-state index in [1.165, 1.54) is 0 Å². The van der Waals surface area contributed by atoms with Crippen molar-refractivity contribution < 1.29 is 24.2 Å². The zero-order chi connectivity index (χ0) is 35.2. The van der Waals surface area contributed by atoms with Crippen LogP contribution in [0.1, 0.15) is 106 Å². The third kappa shape index (κ3) is 8.77. The number of carbonyl (C=O) groups excluding carboxylic acids is 2. The molecule has 0 saturated heterocycles. The number of anilines is 1. The summed E-state index contributed by atoms with van der Waals surface area (Å²) in [6.45, 7) is 11.7. The van der Waals surface area contributed by atoms with Crippen LogP contribution in [0.5, 0.6) is 5.75 Å². The molecule has 0 unspecified atom stereocenters. The number of nitrogens with zero attached hydrogens (tertiary/aromatic N) is 5. The van der Waals surface area contributed by atoms with Crippen LogP contribution in [0.25, 0.3) is 5.65 Å². The Bertz CT molecular complexity index is 1770. The maximum Gasteiger partial charge on any atom is 0.320 e. The first-order valence-corrected chi connectivity index (χ1v) is 16.8. The summed E-state index contributed by atoms with van der Waals surface area (Å²) in [4.78, 5) is 35.3. The minimum absolute atomic E-state index is 0.0413. The smallest absolute Gasteiger partial charge is 0.320 e. The molecule has 5 rings (SSSR count). The Kier molecular flexibility index (Phi) is 11.3. The van der Waals surface area contributed by atoms with Gasteiger partial charge in [-0.25, -0.2) is 14.8 Å². The highest BCUT2D eigenvalue weighted by Gasteiger charge is 2.31. The summed E-state index contributed by atoms with van der Waals surface area (Å²) in [6.07, 6.45) is 3.87. The van der Waals surface area contributed by atoms with E-state index in [1.54, 1.807) is 13.2 Å². The number of benzene rings is 1. The number of ketones is 1. The molecule has 0 fully saturated rings. The van der Waals surface area contributed by atoms with Gasteiger partial charge < -0.3 is 25.2 Å². The lowest BCUT2D eigenvalue weighted by molar-refractivity contribution is 0.0969. The largest absolute Gasteiger partial charge is 0.484 e. The highest BCUT2D eigenvalue weighted by molar-refractivity contribution is 5.94. The van der Waals surface area contributed by atoms with Crippen LogP contribution in [0.4, 0.5) is 10.6 Å². The highest BCUT2D eigenvalue weighted by atomic mass is 16.5. The van der Waals surface area contributed by atoms with Crippen molar-refractivity contribution >= 4 is 23.3 Å². The van der Waals surface area contributed by atoms with Gasteiger partial charge in [-0.05, 0) is 49.1 Å². The molecule has 1 aromatic carbocycles. The molecule has 13 heteroatoms. The molecule has 13 nitrogen and oxygen atoms in total. The summed E-state index contributed by atoms with van der Waals surface area (Å²) in [6, 6.07) is 12.8. The number of carbonyl (C=O) groups is 2. The SMILES string of the molecule is COCC(C)(C)c1nnc2ccc(O[C@@H]3CC[C@H](NC(=O)Nc4cc(C(C)(C)C)nc(C(=O)CCCNCCO)n4)c4ccccc43)cn12. The molecule has 1 aliphatic carbocycles. The molecule has 4 N–H and O–H groups in total. The summed E-state index contributed by atoms with van der Waals surface area (Å²) >= 11 is 0. The van der Waals surface area contributed by atoms with E-state index in [9.17, 15) is 9.59 Å². The molecule has 2 atom stereocenters. The summed E-state index contributed by atoms with van der Waals surface area (Å²) in [7, 11) is 1.67. The van der Waals surface area contributed by atoms with Gasteiger partial charge in [0.2, 0.25) is 0 Å². The topological polar surface area (TPSA) is 165 Å². The number of methoxy groups -OCH3 is 1. The normalized spacial score (nSPS) is 16.3. The van der Waals surface area contributed by atoms with Gasteiger partial charge in [-0.1, -0.05) is 58.9 Å². The van der Waals surface area contributed by atoms with Gasteiger partial charge in [-0.2, -0.15) is 0 Å². The minimum atomic E-state index is -0.423. The van der Waals surface area contributed by atoms with Crippen molar-refractivity contribution in [3.63, 3.8) is 0 Å². The van der Waals surface area contributed by atoms with Crippen molar-refractivity contribution in [2.75, 3.05) is 38.7 Å². The maximum atomic E-state index is 13.4. The van der Waals surface area contributed by atoms with Gasteiger partial charge in [-0.3, -0.25) is 14.5 Å². The molecule has 2 amide bonds. The van der Waals surface area contributed by atoms with Gasteiger partial charge in [0.05, 0.1) is 31.1 Å². The number of amides is 2. The van der Waals surface area contributed by atoms with Gasteiger partial charge in [0, 0.05) is 37.0 Å². The molecule has 0 radical (unpaired) electrons. The minimum Gasteiger partial charge on any atom is -0.484 e. The van der Waals surface area contributed by atoms with Crippen LogP contribution in [0, 0.1) is 0 Å². The van der Waals surface area contributed by atoms with Crippen LogP contribution in [0.15, 0.2) is 48.7 Å². The number of rotatable bonds is 14. The zero-order valence-corrected chi connectivity index (χ0v) is 29.2. The van der Waals surface area contributed by atoms with Crippen molar-refractivity contribution in [2.24, 2.45) is 0 Å². The average molecular weight is 673 g/mol. The predicted molar refractivity (Wildman–Crippen MR) is 186 cm³/mol. The van der Waals surface area contributed by atoms with Crippen molar-refractivity contribution in [1.29, 1.82) is 0 Å². The second kappa shape index (κ2) is 15.4. The number of aliphatic hydroxyl groups excluding tert-OH is 1. The molecule has 0 saturated carbocycles. The van der Waals surface area contributed by atoms with E-state index < -0.39 is 6.03 Å². The second-order valence-electron chi connectivity index (χ2n) is 14.1. The van der Waals surface area contributed by atoms with Gasteiger partial charge >= 0.3 is 6.03 Å². The Morgan fingerprint density at radius 2 is 1.78 bits per heavy atom. The number of pyridine rings is 1. The van der Waals surface area contributed by atoms with E-state index in [0.29, 0.717) is 50.4 Å². The average Bonchev–Trinajstić information content (AvgIpc) is 3.49. The van der Waals surface area contributed by atoms with Crippen molar-refractivity contribution in [2.45, 2.75) is 83.3 Å². The first-order chi connectivity index (χ1) is 23.4. The van der Waals surface area contributed by atoms with E-state index in [0.717, 1.165) is 22.6 Å². The summed E-state index contributed by atoms with van der Waals surface area (Å²) < 4.78 is 13.9. The molecule has 0 spiro atoms. The standard InChI is InChI=1S/C36H48N8O5/c1-35(2,3)29-20-30(40-32(39-29)27(46)12-9-17-37-18-19-45)41-34(47)38-26-14-15-28(25-11-8-7-10-24(25)26)49-23-13-16-31-42-43-33(44(31)21-23)36(4,5)22-48-6/h7-8,10-11,13,16,20-21,26,28,37,45H,9,12,14-15,17-19,22H2,1-6H3,(H2,38,39,40,41,47)/t26-,28+/m0/s1. The van der Waals surface area contributed by atoms with E-state index in [-0.39, 0.29) is 53.4 Å². The molecule has 262 valence electrons. The Morgan fingerprint density at radius 3 is 2.51 bits per heavy atom. The molecule has 49 heavy (non-hydrogen) atoms. The summed E-state index contributed by atoms with van der Waals surface area (Å²) in [5.74, 6) is 1.62. The first kappa shape index (κ1) is 35.8. The first-order valence-electron chi connectivity index (χ1n) is 16.8. The van der Waals surface area contributed by atoms with Gasteiger partial charge in [0.1, 0.15) is 23.5 Å². The molecule has 1 aliphatic rings. The number of hydrogen-bond donors (Lipinski definition) is 4. The van der Waals surface area contributed by atoms with Crippen LogP contribution in [-0.4, -0.2) is 74.9 Å². The van der Waals surface area contributed by atoms with E-state index in [2.05, 4.69) is 50.0 Å². The van der Waals surface area contributed by atoms with Crippen LogP contribution in [0.2, 0.25) is 0 Å². The lowest BCUT2D eigenvalue weighted by Gasteiger charge is -2.32. The quantitative estimate of drug-likeness (QED) is 0.105. The second-order valence-corrected chi connectivity index (χ2v) is 14.1. The highest BCUT2D eigenvalue weighted by Crippen LogP contribution is 2.39. The fraction of sp³-hybridized carbons (Fsp3) is 0.500. The number of ether oxygens (including phenoxy) is 2. The van der Waals surface area contributed by atoms with Gasteiger partial charge in [0.25, 0.3) is 0 Å². The number of Topliss-reactive ketones (excluding diaryl/α,β-unsaturated/α-hetero) is 1. The number of nitrogens with one attached hydrogen (secondary N) is 3. The number of urea groups is 1. The lowest BCUT2D eigenvalue weighted by Crippen LogP contribution is -2.36. The van der Waals surface area contributed by atoms with Crippen molar-refractivity contribution in [3.8, 4) is 5.75 Å². The fourth-order valence-corrected chi connectivity index (χ4v) is 6.04. The monoisotopic (exact) mass is 672 g/mol. The van der Waals surface area contributed by atoms with Crippen LogP contribution in [-0.2, 0) is 15.6 Å². The zero-order valence-electron chi connectivity index (χ0n) is 29.2. The fourth-order valence-electron chi connectivity index (χ4n) is 6.04. The van der Waals surface area contributed by atoms with Crippen LogP contribution < -0.4 is 20.7 Å². The summed E-state index contributed by atoms with van der Waals surface area (Å²) in [5.41, 5.74) is 2.64.